The summed E-state index contributed by atoms with van der Waals surface area (Å²) in [6.45, 7) is 7.35. The molecule has 0 unspecified atom stereocenters. The third kappa shape index (κ3) is 3.59. The van der Waals surface area contributed by atoms with Crippen LogP contribution >= 0.6 is 0 Å². The van der Waals surface area contributed by atoms with Crippen LogP contribution in [0, 0.1) is 6.92 Å². The summed E-state index contributed by atoms with van der Waals surface area (Å²) >= 11 is 0. The number of amides is 1. The first kappa shape index (κ1) is 15.0. The average molecular weight is 281 g/mol. The molecule has 3 N–H and O–H groups in total. The normalized spacial score (nSPS) is 17.4. The highest BCUT2D eigenvalue weighted by atomic mass is 16.5. The van der Waals surface area contributed by atoms with Gasteiger partial charge in [-0.25, -0.2) is 5.84 Å². The lowest BCUT2D eigenvalue weighted by Crippen LogP contribution is -2.36. The Hall–Kier alpha value is -1.37. The summed E-state index contributed by atoms with van der Waals surface area (Å²) in [6, 6.07) is 1.90. The number of carbonyl (C=O) groups excluding carboxylic acids is 1. The molecule has 0 saturated carbocycles. The average Bonchev–Trinajstić information content (AvgIpc) is 2.81. The van der Waals surface area contributed by atoms with Gasteiger partial charge in [-0.1, -0.05) is 0 Å². The van der Waals surface area contributed by atoms with Crippen molar-refractivity contribution in [3.05, 3.63) is 23.2 Å². The van der Waals surface area contributed by atoms with Crippen LogP contribution < -0.4 is 11.3 Å². The van der Waals surface area contributed by atoms with Gasteiger partial charge in [0.15, 0.2) is 5.76 Å². The zero-order valence-electron chi connectivity index (χ0n) is 12.1. The fraction of sp³-hybridized carbons (Fsp3) is 0.643. The molecule has 112 valence electrons. The Bertz CT molecular complexity index is 451. The van der Waals surface area contributed by atoms with Crippen molar-refractivity contribution < 1.29 is 13.9 Å². The van der Waals surface area contributed by atoms with E-state index in [9.17, 15) is 4.79 Å². The van der Waals surface area contributed by atoms with Crippen LogP contribution in [0.15, 0.2) is 10.5 Å². The predicted octanol–water partition coefficient (Wildman–Crippen LogP) is 1.19. The maximum atomic E-state index is 11.5. The Morgan fingerprint density at radius 3 is 2.85 bits per heavy atom. The minimum atomic E-state index is -0.385. The molecule has 1 saturated heterocycles. The summed E-state index contributed by atoms with van der Waals surface area (Å²) in [4.78, 5) is 13.8. The largest absolute Gasteiger partial charge is 0.454 e. The molecule has 1 amide bonds. The van der Waals surface area contributed by atoms with E-state index in [4.69, 9.17) is 15.0 Å². The Morgan fingerprint density at radius 1 is 1.55 bits per heavy atom. The van der Waals surface area contributed by atoms with Crippen molar-refractivity contribution in [1.82, 2.24) is 10.3 Å². The van der Waals surface area contributed by atoms with Crippen LogP contribution in [0.2, 0.25) is 0 Å². The van der Waals surface area contributed by atoms with Gasteiger partial charge in [0.2, 0.25) is 0 Å². The second kappa shape index (κ2) is 6.88. The van der Waals surface area contributed by atoms with Crippen LogP contribution in [0.25, 0.3) is 0 Å². The first-order valence-corrected chi connectivity index (χ1v) is 7.08. The molecule has 0 bridgehead atoms. The summed E-state index contributed by atoms with van der Waals surface area (Å²) < 4.78 is 11.2. The van der Waals surface area contributed by atoms with Crippen LogP contribution in [-0.2, 0) is 11.3 Å². The van der Waals surface area contributed by atoms with E-state index in [1.165, 1.54) is 0 Å². The number of nitrogens with zero attached hydrogens (tertiary/aromatic N) is 1. The highest BCUT2D eigenvalue weighted by molar-refractivity contribution is 5.92. The Balaban J connectivity index is 1.90. The number of nitrogens with one attached hydrogen (secondary N) is 1. The number of hydrogen-bond donors (Lipinski definition) is 2. The van der Waals surface area contributed by atoms with E-state index in [1.807, 2.05) is 19.9 Å². The van der Waals surface area contributed by atoms with Gasteiger partial charge in [-0.05, 0) is 32.8 Å². The minimum absolute atomic E-state index is 0.298. The Morgan fingerprint density at radius 2 is 2.25 bits per heavy atom. The van der Waals surface area contributed by atoms with Crippen LogP contribution in [0.3, 0.4) is 0 Å². The van der Waals surface area contributed by atoms with Gasteiger partial charge in [0, 0.05) is 25.3 Å². The van der Waals surface area contributed by atoms with Crippen molar-refractivity contribution in [1.29, 1.82) is 0 Å². The number of nitrogen functional groups attached to an aromatic ring is 1. The smallest absolute Gasteiger partial charge is 0.301 e. The summed E-state index contributed by atoms with van der Waals surface area (Å²) in [5.41, 5.74) is 2.91. The third-order valence-electron chi connectivity index (χ3n) is 3.62. The Labute approximate surface area is 119 Å². The molecule has 1 aliphatic rings. The lowest BCUT2D eigenvalue weighted by molar-refractivity contribution is 0.0112. The first-order valence-electron chi connectivity index (χ1n) is 7.08. The molecule has 1 fully saturated rings. The quantitative estimate of drug-likeness (QED) is 0.481. The van der Waals surface area contributed by atoms with Crippen molar-refractivity contribution in [3.63, 3.8) is 0 Å². The van der Waals surface area contributed by atoms with Crippen LogP contribution in [0.4, 0.5) is 0 Å². The van der Waals surface area contributed by atoms with Gasteiger partial charge in [0.1, 0.15) is 5.76 Å². The molecule has 6 heteroatoms. The molecule has 2 rings (SSSR count). The number of aryl methyl sites for hydroxylation is 1. The molecule has 0 aliphatic carbocycles. The monoisotopic (exact) mass is 281 g/mol. The van der Waals surface area contributed by atoms with Crippen LogP contribution in [-0.4, -0.2) is 36.6 Å². The highest BCUT2D eigenvalue weighted by Gasteiger charge is 2.21. The number of nitrogens with two attached hydrogens (primary N) is 1. The van der Waals surface area contributed by atoms with Gasteiger partial charge in [0.05, 0.1) is 12.6 Å². The van der Waals surface area contributed by atoms with E-state index in [1.54, 1.807) is 0 Å². The summed E-state index contributed by atoms with van der Waals surface area (Å²) in [6.07, 6.45) is 2.47. The molecule has 2 heterocycles. The van der Waals surface area contributed by atoms with E-state index in [0.717, 1.165) is 50.4 Å². The second-order valence-corrected chi connectivity index (χ2v) is 5.13. The maximum absolute atomic E-state index is 11.5. The van der Waals surface area contributed by atoms with E-state index in [0.29, 0.717) is 11.9 Å². The van der Waals surface area contributed by atoms with E-state index in [-0.39, 0.29) is 5.91 Å². The summed E-state index contributed by atoms with van der Waals surface area (Å²) in [7, 11) is 0. The van der Waals surface area contributed by atoms with E-state index < -0.39 is 0 Å². The second-order valence-electron chi connectivity index (χ2n) is 5.13. The molecule has 1 aliphatic heterocycles. The standard InChI is InChI=1S/C14H23N3O3/c1-3-19-11-4-6-17(7-5-11)9-12-8-10(2)13(20-12)14(18)16-15/h8,11H,3-7,9,15H2,1-2H3,(H,16,18). The molecular formula is C14H23N3O3. The lowest BCUT2D eigenvalue weighted by atomic mass is 10.1. The number of piperidine rings is 1. The maximum Gasteiger partial charge on any atom is 0.301 e. The van der Waals surface area contributed by atoms with Crippen LogP contribution in [0.5, 0.6) is 0 Å². The minimum Gasteiger partial charge on any atom is -0.454 e. The van der Waals surface area contributed by atoms with E-state index in [2.05, 4.69) is 10.3 Å². The number of ether oxygens (including phenoxy) is 1. The van der Waals surface area contributed by atoms with Gasteiger partial charge in [0.25, 0.3) is 0 Å². The SMILES string of the molecule is CCOC1CCN(Cc2cc(C)c(C(=O)NN)o2)CC1. The van der Waals surface area contributed by atoms with Gasteiger partial charge in [-0.2, -0.15) is 0 Å². The number of hydrazine groups is 1. The Kier molecular flexibility index (Phi) is 5.17. The predicted molar refractivity (Wildman–Crippen MR) is 75.0 cm³/mol. The molecule has 1 aromatic rings. The highest BCUT2D eigenvalue weighted by Crippen LogP contribution is 2.19. The molecule has 0 atom stereocenters. The fourth-order valence-corrected chi connectivity index (χ4v) is 2.61. The van der Waals surface area contributed by atoms with Crippen molar-refractivity contribution in [2.75, 3.05) is 19.7 Å². The zero-order chi connectivity index (χ0) is 14.5. The van der Waals surface area contributed by atoms with E-state index >= 15 is 0 Å². The molecule has 1 aromatic heterocycles. The molecule has 20 heavy (non-hydrogen) atoms. The van der Waals surface area contributed by atoms with Gasteiger partial charge in [-0.3, -0.25) is 15.1 Å². The number of hydrogen-bond acceptors (Lipinski definition) is 5. The molecule has 0 radical (unpaired) electrons. The zero-order valence-corrected chi connectivity index (χ0v) is 12.1. The van der Waals surface area contributed by atoms with Crippen molar-refractivity contribution >= 4 is 5.91 Å². The molecule has 6 nitrogen and oxygen atoms in total. The van der Waals surface area contributed by atoms with Gasteiger partial charge >= 0.3 is 5.91 Å². The number of likely N-dealkylation sites (tertiary alicyclic amines) is 1. The first-order chi connectivity index (χ1) is 9.63. The van der Waals surface area contributed by atoms with Crippen molar-refractivity contribution in [3.8, 4) is 0 Å². The summed E-state index contributed by atoms with van der Waals surface area (Å²) in [5.74, 6) is 5.84. The van der Waals surface area contributed by atoms with Gasteiger partial charge < -0.3 is 9.15 Å². The van der Waals surface area contributed by atoms with Crippen molar-refractivity contribution in [2.24, 2.45) is 5.84 Å². The third-order valence-corrected chi connectivity index (χ3v) is 3.62. The molecule has 0 spiro atoms. The van der Waals surface area contributed by atoms with Gasteiger partial charge in [-0.15, -0.1) is 0 Å². The number of rotatable bonds is 5. The van der Waals surface area contributed by atoms with Crippen LogP contribution in [0.1, 0.15) is 41.6 Å². The number of carbonyl (C=O) groups is 1. The number of furan rings is 1. The van der Waals surface area contributed by atoms with Crippen molar-refractivity contribution in [2.45, 2.75) is 39.3 Å². The molecular weight excluding hydrogens is 258 g/mol. The molecule has 0 aromatic carbocycles. The topological polar surface area (TPSA) is 80.7 Å². The lowest BCUT2D eigenvalue weighted by Gasteiger charge is -2.31. The summed E-state index contributed by atoms with van der Waals surface area (Å²) in [5, 5.41) is 0. The fourth-order valence-electron chi connectivity index (χ4n) is 2.61.